The zero-order valence-corrected chi connectivity index (χ0v) is 18.8. The fourth-order valence-electron chi connectivity index (χ4n) is 3.57. The van der Waals surface area contributed by atoms with Gasteiger partial charge in [-0.1, -0.05) is 17.7 Å². The molecule has 7 nitrogen and oxygen atoms in total. The molecule has 3 rings (SSSR count). The zero-order valence-electron chi connectivity index (χ0n) is 17.1. The van der Waals surface area contributed by atoms with Crippen molar-refractivity contribution in [1.82, 2.24) is 14.1 Å². The summed E-state index contributed by atoms with van der Waals surface area (Å²) in [5, 5.41) is 3.36. The Kier molecular flexibility index (Phi) is 6.55. The number of aromatic nitrogens is 2. The summed E-state index contributed by atoms with van der Waals surface area (Å²) in [5.41, 5.74) is -0.625. The molecule has 0 aliphatic carbocycles. The Morgan fingerprint density at radius 1 is 1.23 bits per heavy atom. The van der Waals surface area contributed by atoms with Gasteiger partial charge in [0.1, 0.15) is 0 Å². The molecular formula is C19H24F3N3O4S2. The topological polar surface area (TPSA) is 89.3 Å². The van der Waals surface area contributed by atoms with E-state index in [1.165, 1.54) is 12.1 Å². The van der Waals surface area contributed by atoms with Gasteiger partial charge in [0.15, 0.2) is 15.5 Å². The van der Waals surface area contributed by atoms with Gasteiger partial charge in [-0.15, -0.1) is 0 Å². The van der Waals surface area contributed by atoms with Gasteiger partial charge in [0.25, 0.3) is 10.0 Å². The highest BCUT2D eigenvalue weighted by atomic mass is 32.2. The first-order valence-electron chi connectivity index (χ1n) is 9.68. The highest BCUT2D eigenvalue weighted by Crippen LogP contribution is 2.32. The molecule has 1 aliphatic heterocycles. The minimum atomic E-state index is -4.80. The number of hydrogen-bond donors (Lipinski definition) is 0. The molecule has 1 saturated heterocycles. The van der Waals surface area contributed by atoms with E-state index in [4.69, 9.17) is 0 Å². The molecule has 0 radical (unpaired) electrons. The van der Waals surface area contributed by atoms with E-state index in [1.807, 2.05) is 4.90 Å². The van der Waals surface area contributed by atoms with Crippen LogP contribution in [0.3, 0.4) is 0 Å². The maximum atomic E-state index is 13.5. The Morgan fingerprint density at radius 2 is 1.87 bits per heavy atom. The maximum Gasteiger partial charge on any atom is 0.435 e. The molecule has 2 heterocycles. The van der Waals surface area contributed by atoms with Crippen molar-refractivity contribution in [3.63, 3.8) is 0 Å². The Labute approximate surface area is 179 Å². The van der Waals surface area contributed by atoms with Crippen molar-refractivity contribution in [2.45, 2.75) is 43.3 Å². The smallest absolute Gasteiger partial charge is 0.302 e. The van der Waals surface area contributed by atoms with Crippen LogP contribution < -0.4 is 0 Å². The monoisotopic (exact) mass is 479 g/mol. The van der Waals surface area contributed by atoms with E-state index >= 15 is 0 Å². The summed E-state index contributed by atoms with van der Waals surface area (Å²) in [6.07, 6.45) is -3.12. The number of halogens is 3. The summed E-state index contributed by atoms with van der Waals surface area (Å²) in [4.78, 5) is 1.67. The van der Waals surface area contributed by atoms with E-state index in [1.54, 1.807) is 26.1 Å². The van der Waals surface area contributed by atoms with Crippen molar-refractivity contribution < 1.29 is 30.0 Å². The van der Waals surface area contributed by atoms with Gasteiger partial charge in [-0.2, -0.15) is 30.8 Å². The Balaban J connectivity index is 1.77. The molecule has 172 valence electrons. The molecule has 0 spiro atoms. The lowest BCUT2D eigenvalue weighted by Gasteiger charge is -2.22. The molecule has 1 atom stereocenters. The predicted molar refractivity (Wildman–Crippen MR) is 109 cm³/mol. The number of alkyl halides is 3. The molecule has 0 unspecified atom stereocenters. The van der Waals surface area contributed by atoms with E-state index in [0.29, 0.717) is 23.5 Å². The summed E-state index contributed by atoms with van der Waals surface area (Å²) in [6.45, 7) is 2.15. The molecule has 0 saturated carbocycles. The first kappa shape index (κ1) is 23.7. The fourth-order valence-corrected chi connectivity index (χ4v) is 6.53. The molecule has 0 N–H and O–H groups in total. The summed E-state index contributed by atoms with van der Waals surface area (Å²) in [7, 11) is -5.58. The van der Waals surface area contributed by atoms with Crippen molar-refractivity contribution >= 4 is 19.9 Å². The SMILES string of the molecule is Cc1ccc(S(=O)(=O)n2cc(CCCN(C)[C@H]3CCS(=O)(=O)C3)c(C(F)(F)F)n2)cc1. The fraction of sp³-hybridized carbons (Fsp3) is 0.526. The Hall–Kier alpha value is -1.92. The maximum absolute atomic E-state index is 13.5. The van der Waals surface area contributed by atoms with Crippen LogP contribution in [0.1, 0.15) is 29.7 Å². The third-order valence-corrected chi connectivity index (χ3v) is 8.69. The van der Waals surface area contributed by atoms with Crippen LogP contribution in [0.2, 0.25) is 0 Å². The third kappa shape index (κ3) is 5.47. The quantitative estimate of drug-likeness (QED) is 0.606. The van der Waals surface area contributed by atoms with Gasteiger partial charge in [0.05, 0.1) is 16.4 Å². The molecule has 12 heteroatoms. The molecule has 1 aliphatic rings. The lowest BCUT2D eigenvalue weighted by atomic mass is 10.1. The summed E-state index contributed by atoms with van der Waals surface area (Å²) >= 11 is 0. The van der Waals surface area contributed by atoms with E-state index in [0.717, 1.165) is 11.8 Å². The zero-order chi connectivity index (χ0) is 23.0. The van der Waals surface area contributed by atoms with Crippen LogP contribution in [0.4, 0.5) is 13.2 Å². The van der Waals surface area contributed by atoms with Crippen LogP contribution in [0, 0.1) is 6.92 Å². The van der Waals surface area contributed by atoms with Crippen LogP contribution in [0.25, 0.3) is 0 Å². The minimum Gasteiger partial charge on any atom is -0.302 e. The van der Waals surface area contributed by atoms with E-state index in [-0.39, 0.29) is 34.4 Å². The number of nitrogens with zero attached hydrogens (tertiary/aromatic N) is 3. The number of rotatable bonds is 7. The average Bonchev–Trinajstić information content (AvgIpc) is 3.25. The number of benzene rings is 1. The molecule has 1 aromatic heterocycles. The minimum absolute atomic E-state index is 0.0396. The standard InChI is InChI=1S/C19H24F3N3O4S2/c1-14-5-7-17(8-6-14)31(28,29)25-12-15(18(23-25)19(20,21)22)4-3-10-24(2)16-9-11-30(26,27)13-16/h5-8,12,16H,3-4,9-11,13H2,1-2H3/t16-/m0/s1. The van der Waals surface area contributed by atoms with Gasteiger partial charge in [0, 0.05) is 17.8 Å². The van der Waals surface area contributed by atoms with Crippen LogP contribution >= 0.6 is 0 Å². The summed E-state index contributed by atoms with van der Waals surface area (Å²) < 4.78 is 89.5. The van der Waals surface area contributed by atoms with E-state index < -0.39 is 31.7 Å². The lowest BCUT2D eigenvalue weighted by molar-refractivity contribution is -0.141. The average molecular weight is 480 g/mol. The first-order valence-corrected chi connectivity index (χ1v) is 12.9. The molecule has 31 heavy (non-hydrogen) atoms. The van der Waals surface area contributed by atoms with Crippen LogP contribution in [0.15, 0.2) is 35.4 Å². The highest BCUT2D eigenvalue weighted by molar-refractivity contribution is 7.91. The van der Waals surface area contributed by atoms with Crippen LogP contribution in [-0.4, -0.2) is 62.1 Å². The molecule has 2 aromatic rings. The van der Waals surface area contributed by atoms with E-state index in [9.17, 15) is 30.0 Å². The van der Waals surface area contributed by atoms with Crippen molar-refractivity contribution in [2.24, 2.45) is 0 Å². The number of hydrogen-bond acceptors (Lipinski definition) is 6. The van der Waals surface area contributed by atoms with Crippen molar-refractivity contribution in [3.8, 4) is 0 Å². The molecule has 1 fully saturated rings. The van der Waals surface area contributed by atoms with Gasteiger partial charge in [-0.25, -0.2) is 8.42 Å². The molecular weight excluding hydrogens is 455 g/mol. The largest absolute Gasteiger partial charge is 0.435 e. The van der Waals surface area contributed by atoms with Gasteiger partial charge < -0.3 is 4.90 Å². The second-order valence-corrected chi connectivity index (χ2v) is 11.9. The van der Waals surface area contributed by atoms with Gasteiger partial charge in [0.2, 0.25) is 0 Å². The van der Waals surface area contributed by atoms with Gasteiger partial charge in [-0.05, 0) is 51.9 Å². The number of sulfone groups is 1. The lowest BCUT2D eigenvalue weighted by Crippen LogP contribution is -2.33. The van der Waals surface area contributed by atoms with Gasteiger partial charge in [-0.3, -0.25) is 0 Å². The van der Waals surface area contributed by atoms with Crippen LogP contribution in [0.5, 0.6) is 0 Å². The number of aryl methyl sites for hydroxylation is 2. The second kappa shape index (κ2) is 8.55. The predicted octanol–water partition coefficient (Wildman–Crippen LogP) is 2.50. The third-order valence-electron chi connectivity index (χ3n) is 5.39. The Bertz CT molecular complexity index is 1140. The molecule has 0 amide bonds. The normalized spacial score (nSPS) is 19.2. The summed E-state index contributed by atoms with van der Waals surface area (Å²) in [5.74, 6) is 0.161. The van der Waals surface area contributed by atoms with E-state index in [2.05, 4.69) is 5.10 Å². The van der Waals surface area contributed by atoms with Crippen LogP contribution in [-0.2, 0) is 32.5 Å². The van der Waals surface area contributed by atoms with Crippen molar-refractivity contribution in [2.75, 3.05) is 25.1 Å². The molecule has 0 bridgehead atoms. The summed E-state index contributed by atoms with van der Waals surface area (Å²) in [6, 6.07) is 5.60. The first-order chi connectivity index (χ1) is 14.3. The molecule has 1 aromatic carbocycles. The van der Waals surface area contributed by atoms with Crippen molar-refractivity contribution in [3.05, 3.63) is 47.3 Å². The Morgan fingerprint density at radius 3 is 2.42 bits per heavy atom. The second-order valence-electron chi connectivity index (χ2n) is 7.83. The van der Waals surface area contributed by atoms with Gasteiger partial charge >= 0.3 is 6.18 Å². The van der Waals surface area contributed by atoms with Crippen molar-refractivity contribution in [1.29, 1.82) is 0 Å². The highest BCUT2D eigenvalue weighted by Gasteiger charge is 2.38.